The Hall–Kier alpha value is -2.60. The van der Waals surface area contributed by atoms with Crippen LogP contribution >= 0.6 is 0 Å². The Bertz CT molecular complexity index is 809. The Morgan fingerprint density at radius 2 is 1.92 bits per heavy atom. The van der Waals surface area contributed by atoms with E-state index in [-0.39, 0.29) is 6.03 Å². The van der Waals surface area contributed by atoms with Gasteiger partial charge in [0, 0.05) is 32.4 Å². The van der Waals surface area contributed by atoms with Gasteiger partial charge >= 0.3 is 6.03 Å². The minimum atomic E-state index is -0.131. The SMILES string of the molecule is COC[C@@H]1[C@H]2CN(C(=O)Nc3nc(-c4ccc(C)cc4)ccc3N)C[C@@H]12. The number of fused-ring (bicyclic) bond motifs is 1. The highest BCUT2D eigenvalue weighted by molar-refractivity contribution is 5.92. The number of aromatic nitrogens is 1. The molecule has 1 aliphatic carbocycles. The molecule has 2 fully saturated rings. The van der Waals surface area contributed by atoms with Gasteiger partial charge in [0.1, 0.15) is 0 Å². The number of carbonyl (C=O) groups is 1. The van der Waals surface area contributed by atoms with E-state index in [1.165, 1.54) is 5.56 Å². The highest BCUT2D eigenvalue weighted by Crippen LogP contribution is 2.51. The van der Waals surface area contributed by atoms with E-state index < -0.39 is 0 Å². The maximum absolute atomic E-state index is 12.6. The van der Waals surface area contributed by atoms with Crippen molar-refractivity contribution in [1.82, 2.24) is 9.88 Å². The van der Waals surface area contributed by atoms with Crippen molar-refractivity contribution in [2.75, 3.05) is 37.9 Å². The molecule has 3 N–H and O–H groups in total. The summed E-state index contributed by atoms with van der Waals surface area (Å²) < 4.78 is 5.23. The van der Waals surface area contributed by atoms with Gasteiger partial charge in [-0.05, 0) is 36.8 Å². The van der Waals surface area contributed by atoms with E-state index in [4.69, 9.17) is 10.5 Å². The first-order chi connectivity index (χ1) is 12.6. The van der Waals surface area contributed by atoms with Crippen LogP contribution in [0.25, 0.3) is 11.3 Å². The third-order valence-electron chi connectivity index (χ3n) is 5.52. The molecule has 3 atom stereocenters. The zero-order valence-corrected chi connectivity index (χ0v) is 15.1. The Labute approximate surface area is 153 Å². The number of rotatable bonds is 4. The number of urea groups is 1. The molecule has 1 saturated carbocycles. The fourth-order valence-electron chi connectivity index (χ4n) is 3.89. The van der Waals surface area contributed by atoms with Crippen LogP contribution in [0.5, 0.6) is 0 Å². The van der Waals surface area contributed by atoms with Gasteiger partial charge in [0.05, 0.1) is 11.4 Å². The van der Waals surface area contributed by atoms with Crippen molar-refractivity contribution in [3.05, 3.63) is 42.0 Å². The van der Waals surface area contributed by atoms with Gasteiger partial charge in [-0.25, -0.2) is 9.78 Å². The highest BCUT2D eigenvalue weighted by Gasteiger charge is 2.56. The van der Waals surface area contributed by atoms with E-state index in [2.05, 4.69) is 10.3 Å². The first-order valence-corrected chi connectivity index (χ1v) is 8.95. The number of nitrogens with zero attached hydrogens (tertiary/aromatic N) is 2. The predicted molar refractivity (Wildman–Crippen MR) is 102 cm³/mol. The van der Waals surface area contributed by atoms with Crippen LogP contribution in [0.2, 0.25) is 0 Å². The maximum atomic E-state index is 12.6. The summed E-state index contributed by atoms with van der Waals surface area (Å²) in [5, 5.41) is 2.88. The van der Waals surface area contributed by atoms with Crippen molar-refractivity contribution >= 4 is 17.5 Å². The third-order valence-corrected chi connectivity index (χ3v) is 5.52. The summed E-state index contributed by atoms with van der Waals surface area (Å²) in [7, 11) is 1.73. The smallest absolute Gasteiger partial charge is 0.323 e. The van der Waals surface area contributed by atoms with Gasteiger partial charge in [-0.2, -0.15) is 0 Å². The number of hydrogen-bond donors (Lipinski definition) is 2. The quantitative estimate of drug-likeness (QED) is 0.886. The highest BCUT2D eigenvalue weighted by atomic mass is 16.5. The molecule has 136 valence electrons. The zero-order chi connectivity index (χ0) is 18.3. The molecular weight excluding hydrogens is 328 g/mol. The molecule has 2 aliphatic rings. The van der Waals surface area contributed by atoms with Crippen LogP contribution < -0.4 is 11.1 Å². The number of carbonyl (C=O) groups excluding carboxylic acids is 1. The molecule has 4 rings (SSSR count). The minimum absolute atomic E-state index is 0.131. The standard InChI is InChI=1S/C20H24N4O2/c1-12-3-5-13(6-4-12)18-8-7-17(21)19(22-18)23-20(25)24-9-14-15(10-24)16(14)11-26-2/h3-8,14-16H,9-11,21H2,1-2H3,(H,22,23,25)/t14-,15+,16+. The average molecular weight is 352 g/mol. The van der Waals surface area contributed by atoms with E-state index in [1.54, 1.807) is 13.2 Å². The number of nitrogen functional groups attached to an aromatic ring is 1. The number of hydrogen-bond acceptors (Lipinski definition) is 4. The lowest BCUT2D eigenvalue weighted by Crippen LogP contribution is -2.36. The number of anilines is 2. The summed E-state index contributed by atoms with van der Waals surface area (Å²) in [5.74, 6) is 2.17. The Morgan fingerprint density at radius 3 is 2.58 bits per heavy atom. The zero-order valence-electron chi connectivity index (χ0n) is 15.1. The molecule has 6 heteroatoms. The molecule has 6 nitrogen and oxygen atoms in total. The summed E-state index contributed by atoms with van der Waals surface area (Å²) in [6.07, 6.45) is 0. The number of nitrogens with two attached hydrogens (primary N) is 1. The largest absolute Gasteiger partial charge is 0.396 e. The average Bonchev–Trinajstić information content (AvgIpc) is 3.07. The lowest BCUT2D eigenvalue weighted by atomic mass is 10.1. The van der Waals surface area contributed by atoms with Gasteiger partial charge in [-0.15, -0.1) is 0 Å². The Kier molecular flexibility index (Phi) is 4.28. The van der Waals surface area contributed by atoms with Crippen molar-refractivity contribution < 1.29 is 9.53 Å². The van der Waals surface area contributed by atoms with Crippen molar-refractivity contribution in [1.29, 1.82) is 0 Å². The molecule has 2 amide bonds. The summed E-state index contributed by atoms with van der Waals surface area (Å²) in [4.78, 5) is 19.0. The molecule has 0 radical (unpaired) electrons. The first-order valence-electron chi connectivity index (χ1n) is 8.95. The lowest BCUT2D eigenvalue weighted by molar-refractivity contribution is 0.163. The van der Waals surface area contributed by atoms with E-state index in [0.717, 1.165) is 31.0 Å². The van der Waals surface area contributed by atoms with Crippen molar-refractivity contribution in [3.8, 4) is 11.3 Å². The fraction of sp³-hybridized carbons (Fsp3) is 0.400. The van der Waals surface area contributed by atoms with Crippen LogP contribution in [0, 0.1) is 24.7 Å². The van der Waals surface area contributed by atoms with Gasteiger partial charge in [-0.3, -0.25) is 5.32 Å². The molecule has 1 aromatic carbocycles. The van der Waals surface area contributed by atoms with Crippen LogP contribution in [-0.4, -0.2) is 42.7 Å². The molecule has 2 aromatic rings. The molecule has 1 aliphatic heterocycles. The molecular formula is C20H24N4O2. The number of nitrogens with one attached hydrogen (secondary N) is 1. The number of likely N-dealkylation sites (tertiary alicyclic amines) is 1. The van der Waals surface area contributed by atoms with Gasteiger partial charge in [0.25, 0.3) is 0 Å². The molecule has 26 heavy (non-hydrogen) atoms. The minimum Gasteiger partial charge on any atom is -0.396 e. The van der Waals surface area contributed by atoms with Crippen LogP contribution in [-0.2, 0) is 4.74 Å². The molecule has 0 spiro atoms. The lowest BCUT2D eigenvalue weighted by Gasteiger charge is -2.20. The molecule has 2 heterocycles. The second kappa shape index (κ2) is 6.61. The number of ether oxygens (including phenoxy) is 1. The summed E-state index contributed by atoms with van der Waals surface area (Å²) in [5.41, 5.74) is 9.47. The monoisotopic (exact) mass is 352 g/mol. The van der Waals surface area contributed by atoms with E-state index in [1.807, 2.05) is 42.2 Å². The second-order valence-corrected chi connectivity index (χ2v) is 7.28. The van der Waals surface area contributed by atoms with Crippen molar-refractivity contribution in [2.24, 2.45) is 17.8 Å². The number of pyridine rings is 1. The summed E-state index contributed by atoms with van der Waals surface area (Å²) in [6, 6.07) is 11.6. The number of benzene rings is 1. The Balaban J connectivity index is 1.44. The number of piperidine rings is 1. The van der Waals surface area contributed by atoms with E-state index in [9.17, 15) is 4.79 Å². The topological polar surface area (TPSA) is 80.5 Å². The predicted octanol–water partition coefficient (Wildman–Crippen LogP) is 3.00. The second-order valence-electron chi connectivity index (χ2n) is 7.28. The number of methoxy groups -OCH3 is 1. The maximum Gasteiger partial charge on any atom is 0.323 e. The molecule has 1 saturated heterocycles. The van der Waals surface area contributed by atoms with Crippen LogP contribution in [0.3, 0.4) is 0 Å². The number of aryl methyl sites for hydroxylation is 1. The van der Waals surface area contributed by atoms with Gasteiger partial charge in [0.15, 0.2) is 5.82 Å². The fourth-order valence-corrected chi connectivity index (χ4v) is 3.89. The molecule has 0 unspecified atom stereocenters. The van der Waals surface area contributed by atoms with Crippen molar-refractivity contribution in [2.45, 2.75) is 6.92 Å². The van der Waals surface area contributed by atoms with Gasteiger partial charge < -0.3 is 15.4 Å². The van der Waals surface area contributed by atoms with Crippen LogP contribution in [0.4, 0.5) is 16.3 Å². The van der Waals surface area contributed by atoms with Crippen LogP contribution in [0.15, 0.2) is 36.4 Å². The van der Waals surface area contributed by atoms with Crippen molar-refractivity contribution in [3.63, 3.8) is 0 Å². The number of amides is 2. The normalized spacial score (nSPS) is 23.6. The molecule has 0 bridgehead atoms. The van der Waals surface area contributed by atoms with Gasteiger partial charge in [-0.1, -0.05) is 29.8 Å². The van der Waals surface area contributed by atoms with Gasteiger partial charge in [0.2, 0.25) is 0 Å². The summed E-state index contributed by atoms with van der Waals surface area (Å²) >= 11 is 0. The third kappa shape index (κ3) is 3.12. The Morgan fingerprint density at radius 1 is 1.23 bits per heavy atom. The van der Waals surface area contributed by atoms with Crippen LogP contribution in [0.1, 0.15) is 5.56 Å². The van der Waals surface area contributed by atoms with E-state index in [0.29, 0.717) is 29.3 Å². The summed E-state index contributed by atoms with van der Waals surface area (Å²) in [6.45, 7) is 4.39. The molecule has 1 aromatic heterocycles. The first kappa shape index (κ1) is 16.8. The van der Waals surface area contributed by atoms with E-state index >= 15 is 0 Å².